The van der Waals surface area contributed by atoms with Gasteiger partial charge in [0.05, 0.1) is 29.5 Å². The number of amides is 2. The molecule has 3 aromatic rings. The molecule has 1 aromatic heterocycles. The molecule has 28 heavy (non-hydrogen) atoms. The Hall–Kier alpha value is -2.93. The Morgan fingerprint density at radius 1 is 1.21 bits per heavy atom. The predicted molar refractivity (Wildman–Crippen MR) is 103 cm³/mol. The zero-order valence-corrected chi connectivity index (χ0v) is 15.8. The molecule has 1 aliphatic rings. The second kappa shape index (κ2) is 7.24. The lowest BCUT2D eigenvalue weighted by Gasteiger charge is -2.32. The molecule has 0 spiro atoms. The molecule has 0 fully saturated rings. The van der Waals surface area contributed by atoms with Crippen molar-refractivity contribution in [3.63, 3.8) is 0 Å². The molecule has 144 valence electrons. The first-order valence-electron chi connectivity index (χ1n) is 8.75. The molecule has 2 heterocycles. The number of benzene rings is 2. The van der Waals surface area contributed by atoms with Gasteiger partial charge in [0.2, 0.25) is 0 Å². The van der Waals surface area contributed by atoms with Crippen LogP contribution in [0.15, 0.2) is 48.7 Å². The topological polar surface area (TPSA) is 50.2 Å². The highest BCUT2D eigenvalue weighted by atomic mass is 35.5. The number of hydrogen-bond acceptors (Lipinski definition) is 2. The number of anilines is 1. The van der Waals surface area contributed by atoms with Crippen molar-refractivity contribution in [2.24, 2.45) is 0 Å². The molecule has 0 saturated carbocycles. The molecule has 4 rings (SSSR count). The smallest absolute Gasteiger partial charge is 0.316 e. The zero-order chi connectivity index (χ0) is 19.8. The fraction of sp³-hybridized carbons (Fsp3) is 0.200. The van der Waals surface area contributed by atoms with Crippen LogP contribution in [0.3, 0.4) is 0 Å². The summed E-state index contributed by atoms with van der Waals surface area (Å²) >= 11 is 5.78. The highest BCUT2D eigenvalue weighted by molar-refractivity contribution is 6.31. The number of carbonyl (C=O) groups excluding carboxylic acids is 1. The van der Waals surface area contributed by atoms with E-state index in [2.05, 4.69) is 10.4 Å². The molecule has 1 atom stereocenters. The molecule has 0 unspecified atom stereocenters. The normalized spacial score (nSPS) is 16.0. The second-order valence-corrected chi connectivity index (χ2v) is 7.15. The second-order valence-electron chi connectivity index (χ2n) is 6.74. The number of urea groups is 1. The largest absolute Gasteiger partial charge is 0.322 e. The van der Waals surface area contributed by atoms with Crippen LogP contribution in [0.2, 0.25) is 5.02 Å². The summed E-state index contributed by atoms with van der Waals surface area (Å²) in [7, 11) is 0. The first-order chi connectivity index (χ1) is 13.4. The van der Waals surface area contributed by atoms with Crippen molar-refractivity contribution < 1.29 is 13.6 Å². The quantitative estimate of drug-likeness (QED) is 0.649. The van der Waals surface area contributed by atoms with E-state index in [9.17, 15) is 13.6 Å². The monoisotopic (exact) mass is 402 g/mol. The van der Waals surface area contributed by atoms with E-state index in [-0.39, 0.29) is 22.9 Å². The molecule has 5 nitrogen and oxygen atoms in total. The number of rotatable bonds is 2. The van der Waals surface area contributed by atoms with Crippen molar-refractivity contribution in [2.75, 3.05) is 11.9 Å². The van der Waals surface area contributed by atoms with E-state index in [1.165, 1.54) is 30.3 Å². The summed E-state index contributed by atoms with van der Waals surface area (Å²) in [6.45, 7) is 2.79. The fourth-order valence-corrected chi connectivity index (χ4v) is 3.55. The number of carbonyl (C=O) groups is 1. The van der Waals surface area contributed by atoms with Gasteiger partial charge in [0.1, 0.15) is 11.6 Å². The van der Waals surface area contributed by atoms with Gasteiger partial charge in [-0.2, -0.15) is 5.10 Å². The van der Waals surface area contributed by atoms with Gasteiger partial charge >= 0.3 is 6.03 Å². The van der Waals surface area contributed by atoms with Gasteiger partial charge in [0.25, 0.3) is 0 Å². The zero-order valence-electron chi connectivity index (χ0n) is 15.0. The Bertz CT molecular complexity index is 1040. The van der Waals surface area contributed by atoms with Crippen molar-refractivity contribution >= 4 is 23.3 Å². The number of fused-ring (bicyclic) bond motifs is 1. The van der Waals surface area contributed by atoms with Crippen LogP contribution in [0.4, 0.5) is 19.3 Å². The molecule has 0 aliphatic carbocycles. The van der Waals surface area contributed by atoms with Gasteiger partial charge in [-0.3, -0.25) is 4.68 Å². The van der Waals surface area contributed by atoms with Crippen LogP contribution >= 0.6 is 11.6 Å². The van der Waals surface area contributed by atoms with E-state index in [1.807, 2.05) is 11.6 Å². The minimum atomic E-state index is -0.542. The maximum atomic E-state index is 13.3. The average Bonchev–Trinajstić information content (AvgIpc) is 3.10. The maximum absolute atomic E-state index is 13.3. The molecule has 2 amide bonds. The molecule has 0 radical (unpaired) electrons. The van der Waals surface area contributed by atoms with Crippen LogP contribution in [-0.2, 0) is 6.54 Å². The van der Waals surface area contributed by atoms with Crippen LogP contribution in [0.1, 0.15) is 18.7 Å². The van der Waals surface area contributed by atoms with Gasteiger partial charge in [-0.15, -0.1) is 0 Å². The summed E-state index contributed by atoms with van der Waals surface area (Å²) in [6, 6.07) is 9.88. The minimum absolute atomic E-state index is 0.0273. The van der Waals surface area contributed by atoms with Crippen LogP contribution < -0.4 is 5.32 Å². The van der Waals surface area contributed by atoms with Gasteiger partial charge in [-0.1, -0.05) is 23.7 Å². The maximum Gasteiger partial charge on any atom is 0.322 e. The molecule has 2 aromatic carbocycles. The van der Waals surface area contributed by atoms with Gasteiger partial charge in [0, 0.05) is 17.8 Å². The SMILES string of the molecule is C[C@H]1CN(C(=O)Nc2ccc(F)c(Cl)c2)Cc2c(-c3ccc(F)cc3)cnn21. The average molecular weight is 403 g/mol. The first-order valence-corrected chi connectivity index (χ1v) is 9.13. The van der Waals surface area contributed by atoms with Gasteiger partial charge in [0.15, 0.2) is 0 Å². The van der Waals surface area contributed by atoms with Crippen molar-refractivity contribution in [1.29, 1.82) is 0 Å². The van der Waals surface area contributed by atoms with E-state index < -0.39 is 5.82 Å². The van der Waals surface area contributed by atoms with E-state index in [0.29, 0.717) is 18.8 Å². The molecule has 0 bridgehead atoms. The third-order valence-electron chi connectivity index (χ3n) is 4.75. The molecular formula is C20H17ClF2N4O. The lowest BCUT2D eigenvalue weighted by atomic mass is 10.0. The van der Waals surface area contributed by atoms with E-state index in [0.717, 1.165) is 16.8 Å². The fourth-order valence-electron chi connectivity index (χ4n) is 3.37. The highest BCUT2D eigenvalue weighted by Crippen LogP contribution is 2.31. The van der Waals surface area contributed by atoms with E-state index >= 15 is 0 Å². The number of aromatic nitrogens is 2. The minimum Gasteiger partial charge on any atom is -0.316 e. The van der Waals surface area contributed by atoms with E-state index in [4.69, 9.17) is 11.6 Å². The van der Waals surface area contributed by atoms with Crippen LogP contribution in [-0.4, -0.2) is 27.3 Å². The number of halogens is 3. The molecule has 8 heteroatoms. The van der Waals surface area contributed by atoms with Crippen molar-refractivity contribution in [2.45, 2.75) is 19.5 Å². The van der Waals surface area contributed by atoms with Crippen LogP contribution in [0, 0.1) is 11.6 Å². The Morgan fingerprint density at radius 2 is 1.96 bits per heavy atom. The molecule has 1 N–H and O–H groups in total. The lowest BCUT2D eigenvalue weighted by molar-refractivity contribution is 0.181. The van der Waals surface area contributed by atoms with Gasteiger partial charge in [-0.25, -0.2) is 13.6 Å². The van der Waals surface area contributed by atoms with Crippen LogP contribution in [0.25, 0.3) is 11.1 Å². The summed E-state index contributed by atoms with van der Waals surface area (Å²) in [6.07, 6.45) is 1.74. The predicted octanol–water partition coefficient (Wildman–Crippen LogP) is 5.09. The van der Waals surface area contributed by atoms with Crippen LogP contribution in [0.5, 0.6) is 0 Å². The Balaban J connectivity index is 1.58. The first kappa shape index (κ1) is 18.4. The van der Waals surface area contributed by atoms with Crippen molar-refractivity contribution in [3.8, 4) is 11.1 Å². The Labute approximate surface area is 165 Å². The van der Waals surface area contributed by atoms with E-state index in [1.54, 1.807) is 23.2 Å². The lowest BCUT2D eigenvalue weighted by Crippen LogP contribution is -2.42. The number of nitrogens with one attached hydrogen (secondary N) is 1. The molecule has 0 saturated heterocycles. The summed E-state index contributed by atoms with van der Waals surface area (Å²) in [5.41, 5.74) is 2.98. The summed E-state index contributed by atoms with van der Waals surface area (Å²) < 4.78 is 28.4. The summed E-state index contributed by atoms with van der Waals surface area (Å²) in [4.78, 5) is 14.4. The van der Waals surface area contributed by atoms with Crippen molar-refractivity contribution in [1.82, 2.24) is 14.7 Å². The Morgan fingerprint density at radius 3 is 2.68 bits per heavy atom. The number of hydrogen-bond donors (Lipinski definition) is 1. The number of nitrogens with zero attached hydrogens (tertiary/aromatic N) is 3. The molecular weight excluding hydrogens is 386 g/mol. The Kier molecular flexibility index (Phi) is 4.77. The third kappa shape index (κ3) is 3.45. The van der Waals surface area contributed by atoms with Gasteiger partial charge < -0.3 is 10.2 Å². The van der Waals surface area contributed by atoms with Crippen molar-refractivity contribution in [3.05, 3.63) is 71.0 Å². The summed E-state index contributed by atoms with van der Waals surface area (Å²) in [5.74, 6) is -0.851. The highest BCUT2D eigenvalue weighted by Gasteiger charge is 2.28. The third-order valence-corrected chi connectivity index (χ3v) is 5.04. The summed E-state index contributed by atoms with van der Waals surface area (Å²) in [5, 5.41) is 7.13. The standard InChI is InChI=1S/C20H17ClF2N4O/c1-12-10-26(20(28)25-15-6-7-18(23)17(21)8-15)11-19-16(9-24-27(12)19)13-2-4-14(22)5-3-13/h2-9,12H,10-11H2,1H3,(H,25,28)/t12-/m0/s1. The van der Waals surface area contributed by atoms with Gasteiger partial charge in [-0.05, 0) is 42.8 Å². The molecule has 1 aliphatic heterocycles.